The fourth-order valence-electron chi connectivity index (χ4n) is 2.81. The lowest BCUT2D eigenvalue weighted by Crippen LogP contribution is -2.48. The highest BCUT2D eigenvalue weighted by atomic mass is 32.2. The fraction of sp³-hybridized carbons (Fsp3) is 0.588. The first-order valence-electron chi connectivity index (χ1n) is 8.40. The molecule has 0 atom stereocenters. The number of nitrogens with zero attached hydrogens (tertiary/aromatic N) is 4. The first-order chi connectivity index (χ1) is 11.7. The average molecular weight is 369 g/mol. The largest absolute Gasteiger partial charge is 0.378 e. The summed E-state index contributed by atoms with van der Waals surface area (Å²) in [6.45, 7) is 3.27. The predicted octanol–water partition coefficient (Wildman–Crippen LogP) is 0.683. The lowest BCUT2D eigenvalue weighted by Gasteiger charge is -2.33. The molecule has 0 unspecified atom stereocenters. The zero-order chi connectivity index (χ0) is 18.6. The predicted molar refractivity (Wildman–Crippen MR) is 102 cm³/mol. The summed E-state index contributed by atoms with van der Waals surface area (Å²) in [6.07, 6.45) is 1.36. The topological polar surface area (TPSA) is 64.2 Å². The number of anilines is 2. The van der Waals surface area contributed by atoms with Gasteiger partial charge in [0.05, 0.1) is 11.9 Å². The minimum absolute atomic E-state index is 0.00617. The van der Waals surface area contributed by atoms with Crippen molar-refractivity contribution in [3.05, 3.63) is 24.3 Å². The molecule has 0 bridgehead atoms. The summed E-state index contributed by atoms with van der Waals surface area (Å²) >= 11 is 0. The molecule has 8 heteroatoms. The fourth-order valence-corrected chi connectivity index (χ4v) is 3.74. The van der Waals surface area contributed by atoms with Crippen LogP contribution in [0.3, 0.4) is 0 Å². The van der Waals surface area contributed by atoms with Crippen LogP contribution in [0.1, 0.15) is 6.42 Å². The molecule has 140 valence electrons. The number of sulfonamides is 1. The van der Waals surface area contributed by atoms with Gasteiger partial charge < -0.3 is 14.7 Å². The van der Waals surface area contributed by atoms with Crippen LogP contribution in [0.2, 0.25) is 0 Å². The Hall–Kier alpha value is -1.80. The molecule has 0 saturated carbocycles. The van der Waals surface area contributed by atoms with Crippen molar-refractivity contribution >= 4 is 27.3 Å². The minimum Gasteiger partial charge on any atom is -0.378 e. The van der Waals surface area contributed by atoms with Gasteiger partial charge in [-0.3, -0.25) is 9.10 Å². The molecule has 25 heavy (non-hydrogen) atoms. The molecule has 1 aromatic rings. The van der Waals surface area contributed by atoms with Gasteiger partial charge in [-0.2, -0.15) is 0 Å². The van der Waals surface area contributed by atoms with Gasteiger partial charge in [-0.05, 0) is 31.3 Å². The van der Waals surface area contributed by atoms with Gasteiger partial charge >= 0.3 is 0 Å². The van der Waals surface area contributed by atoms with E-state index in [1.165, 1.54) is 10.6 Å². The molecule has 1 fully saturated rings. The van der Waals surface area contributed by atoms with Crippen LogP contribution in [0.4, 0.5) is 11.4 Å². The molecule has 7 nitrogen and oxygen atoms in total. The standard InChI is InChI=1S/C17H28N4O3S/c1-18(2)15-5-7-16(8-6-15)21(25(4,23)24)10-9-17(22)20-13-11-19(3)12-14-20/h5-8H,9-14H2,1-4H3. The summed E-state index contributed by atoms with van der Waals surface area (Å²) in [6, 6.07) is 7.29. The van der Waals surface area contributed by atoms with Gasteiger partial charge in [-0.25, -0.2) is 8.42 Å². The van der Waals surface area contributed by atoms with E-state index in [4.69, 9.17) is 0 Å². The van der Waals surface area contributed by atoms with E-state index in [9.17, 15) is 13.2 Å². The second kappa shape index (κ2) is 8.05. The molecular formula is C17H28N4O3S. The van der Waals surface area contributed by atoms with Gasteiger partial charge in [-0.15, -0.1) is 0 Å². The van der Waals surface area contributed by atoms with Crippen molar-refractivity contribution in [1.82, 2.24) is 9.80 Å². The highest BCUT2D eigenvalue weighted by molar-refractivity contribution is 7.92. The molecular weight excluding hydrogens is 340 g/mol. The molecule has 1 amide bonds. The summed E-state index contributed by atoms with van der Waals surface area (Å²) in [5.74, 6) is 0.00617. The third kappa shape index (κ3) is 5.34. The number of carbonyl (C=O) groups excluding carboxylic acids is 1. The Kier molecular flexibility index (Phi) is 6.29. The van der Waals surface area contributed by atoms with E-state index in [-0.39, 0.29) is 18.9 Å². The molecule has 0 radical (unpaired) electrons. The summed E-state index contributed by atoms with van der Waals surface area (Å²) in [7, 11) is 2.44. The Morgan fingerprint density at radius 1 is 1.04 bits per heavy atom. The SMILES string of the molecule is CN1CCN(C(=O)CCN(c2ccc(N(C)C)cc2)S(C)(=O)=O)CC1. The lowest BCUT2D eigenvalue weighted by atomic mass is 10.2. The van der Waals surface area contributed by atoms with Crippen LogP contribution in [0, 0.1) is 0 Å². The van der Waals surface area contributed by atoms with E-state index >= 15 is 0 Å². The molecule has 0 aliphatic carbocycles. The summed E-state index contributed by atoms with van der Waals surface area (Å²) in [4.78, 5) is 18.3. The van der Waals surface area contributed by atoms with E-state index in [0.29, 0.717) is 18.8 Å². The molecule has 2 rings (SSSR count). The van der Waals surface area contributed by atoms with Crippen LogP contribution < -0.4 is 9.21 Å². The van der Waals surface area contributed by atoms with Crippen LogP contribution in [-0.2, 0) is 14.8 Å². The van der Waals surface area contributed by atoms with Gasteiger partial charge in [0.25, 0.3) is 0 Å². The Morgan fingerprint density at radius 2 is 1.56 bits per heavy atom. The Balaban J connectivity index is 2.05. The van der Waals surface area contributed by atoms with E-state index < -0.39 is 10.0 Å². The quantitative estimate of drug-likeness (QED) is 0.739. The number of rotatable bonds is 6. The van der Waals surface area contributed by atoms with Crippen LogP contribution >= 0.6 is 0 Å². The minimum atomic E-state index is -3.45. The van der Waals surface area contributed by atoms with E-state index in [0.717, 1.165) is 18.8 Å². The van der Waals surface area contributed by atoms with Crippen molar-refractivity contribution in [2.75, 3.05) is 69.3 Å². The van der Waals surface area contributed by atoms with E-state index in [2.05, 4.69) is 4.90 Å². The molecule has 1 aliphatic heterocycles. The first-order valence-corrected chi connectivity index (χ1v) is 10.2. The summed E-state index contributed by atoms with van der Waals surface area (Å²) in [5, 5.41) is 0. The monoisotopic (exact) mass is 368 g/mol. The van der Waals surface area contributed by atoms with Gasteiger partial charge in [0.15, 0.2) is 0 Å². The van der Waals surface area contributed by atoms with Crippen molar-refractivity contribution in [3.8, 4) is 0 Å². The van der Waals surface area contributed by atoms with Crippen molar-refractivity contribution in [1.29, 1.82) is 0 Å². The Bertz CT molecular complexity index is 680. The Labute approximate surface area is 150 Å². The van der Waals surface area contributed by atoms with E-state index in [1.54, 1.807) is 12.1 Å². The second-order valence-electron chi connectivity index (χ2n) is 6.68. The number of amides is 1. The number of hydrogen-bond donors (Lipinski definition) is 0. The van der Waals surface area contributed by atoms with Crippen molar-refractivity contribution in [2.45, 2.75) is 6.42 Å². The number of carbonyl (C=O) groups is 1. The van der Waals surface area contributed by atoms with Crippen molar-refractivity contribution in [3.63, 3.8) is 0 Å². The van der Waals surface area contributed by atoms with E-state index in [1.807, 2.05) is 43.1 Å². The molecule has 1 aliphatic rings. The van der Waals surface area contributed by atoms with Crippen LogP contribution in [0.5, 0.6) is 0 Å². The third-order valence-corrected chi connectivity index (χ3v) is 5.63. The number of benzene rings is 1. The zero-order valence-corrected chi connectivity index (χ0v) is 16.3. The van der Waals surface area contributed by atoms with Gasteiger partial charge in [-0.1, -0.05) is 0 Å². The molecule has 1 heterocycles. The lowest BCUT2D eigenvalue weighted by molar-refractivity contribution is -0.132. The van der Waals surface area contributed by atoms with Gasteiger partial charge in [0.1, 0.15) is 0 Å². The average Bonchev–Trinajstić information content (AvgIpc) is 2.54. The van der Waals surface area contributed by atoms with Crippen LogP contribution in [0.15, 0.2) is 24.3 Å². The van der Waals surface area contributed by atoms with Gasteiger partial charge in [0, 0.05) is 58.9 Å². The van der Waals surface area contributed by atoms with Crippen LogP contribution in [-0.4, -0.2) is 84.2 Å². The zero-order valence-electron chi connectivity index (χ0n) is 15.5. The van der Waals surface area contributed by atoms with Crippen LogP contribution in [0.25, 0.3) is 0 Å². The maximum Gasteiger partial charge on any atom is 0.232 e. The highest BCUT2D eigenvalue weighted by Crippen LogP contribution is 2.22. The summed E-state index contributed by atoms with van der Waals surface area (Å²) < 4.78 is 25.6. The third-order valence-electron chi connectivity index (χ3n) is 4.44. The number of hydrogen-bond acceptors (Lipinski definition) is 5. The molecule has 0 N–H and O–H groups in total. The molecule has 0 aromatic heterocycles. The van der Waals surface area contributed by atoms with Gasteiger partial charge in [0.2, 0.25) is 15.9 Å². The summed E-state index contributed by atoms with van der Waals surface area (Å²) in [5.41, 5.74) is 1.57. The van der Waals surface area contributed by atoms with Crippen molar-refractivity contribution < 1.29 is 13.2 Å². The van der Waals surface area contributed by atoms with Crippen molar-refractivity contribution in [2.24, 2.45) is 0 Å². The second-order valence-corrected chi connectivity index (χ2v) is 8.59. The molecule has 1 saturated heterocycles. The molecule has 0 spiro atoms. The number of piperazine rings is 1. The molecule has 1 aromatic carbocycles. The Morgan fingerprint density at radius 3 is 2.04 bits per heavy atom. The maximum atomic E-state index is 12.4. The normalized spacial score (nSPS) is 15.9. The number of likely N-dealkylation sites (N-methyl/N-ethyl adjacent to an activating group) is 1. The highest BCUT2D eigenvalue weighted by Gasteiger charge is 2.22. The smallest absolute Gasteiger partial charge is 0.232 e. The first kappa shape index (κ1) is 19.5. The maximum absolute atomic E-state index is 12.4.